The quantitative estimate of drug-likeness (QED) is 0.335. The summed E-state index contributed by atoms with van der Waals surface area (Å²) in [4.78, 5) is 30.5. The third-order valence-corrected chi connectivity index (χ3v) is 6.54. The van der Waals surface area contributed by atoms with Crippen LogP contribution in [0.5, 0.6) is 5.75 Å². The van der Waals surface area contributed by atoms with Gasteiger partial charge >= 0.3 is 6.03 Å². The largest absolute Gasteiger partial charge is 0.494 e. The van der Waals surface area contributed by atoms with E-state index in [9.17, 15) is 18.4 Å². The Hall–Kier alpha value is -5.00. The number of rotatable bonds is 4. The molecule has 0 unspecified atom stereocenters. The molecule has 3 amide bonds. The molecule has 2 aliphatic rings. The van der Waals surface area contributed by atoms with Crippen molar-refractivity contribution < 1.29 is 27.5 Å². The van der Waals surface area contributed by atoms with Crippen LogP contribution in [0.4, 0.5) is 40.7 Å². The van der Waals surface area contributed by atoms with Crippen LogP contribution >= 0.6 is 0 Å². The minimum Gasteiger partial charge on any atom is -0.494 e. The van der Waals surface area contributed by atoms with Gasteiger partial charge in [0, 0.05) is 18.3 Å². The van der Waals surface area contributed by atoms with Crippen LogP contribution in [0.2, 0.25) is 0 Å². The summed E-state index contributed by atoms with van der Waals surface area (Å²) >= 11 is 0. The van der Waals surface area contributed by atoms with Crippen molar-refractivity contribution in [3.63, 3.8) is 0 Å². The molecule has 0 atom stereocenters. The van der Waals surface area contributed by atoms with E-state index >= 15 is 4.39 Å². The molecule has 0 radical (unpaired) electrons. The number of nitrogen functional groups attached to an aromatic ring is 1. The fraction of sp³-hybridized carbons (Fsp3) is 0.148. The fourth-order valence-electron chi connectivity index (χ4n) is 4.59. The second-order valence-electron chi connectivity index (χ2n) is 8.96. The number of carbonyl (C=O) groups excluding carboxylic acids is 2. The first-order valence-corrected chi connectivity index (χ1v) is 11.7. The molecule has 9 nitrogen and oxygen atoms in total. The van der Waals surface area contributed by atoms with Gasteiger partial charge < -0.3 is 20.7 Å². The molecule has 200 valence electrons. The average molecular weight is 537 g/mol. The number of methoxy groups -OCH3 is 1. The van der Waals surface area contributed by atoms with E-state index in [4.69, 9.17) is 15.9 Å². The predicted octanol–water partition coefficient (Wildman–Crippen LogP) is 4.46. The first-order chi connectivity index (χ1) is 18.6. The van der Waals surface area contributed by atoms with Crippen LogP contribution in [0.1, 0.15) is 5.56 Å². The van der Waals surface area contributed by atoms with Crippen molar-refractivity contribution in [2.45, 2.75) is 6.54 Å². The summed E-state index contributed by atoms with van der Waals surface area (Å²) in [6.45, 7) is -0.629. The van der Waals surface area contributed by atoms with E-state index in [0.717, 1.165) is 22.7 Å². The Balaban J connectivity index is 1.68. The number of benzene rings is 3. The van der Waals surface area contributed by atoms with E-state index < -0.39 is 53.0 Å². The zero-order chi connectivity index (χ0) is 28.0. The standard InChI is InChI=1S/C27H23F3N6O3/c1-34-13-19(33-18-10-9-14(31)11-21(18)34)23-25(32)35(12-15-16(28)5-3-6-17(15)29)27(38)36(26(23)37)20-7-4-8-22(39-2)24(20)30/h3-11,32-33H,12-13,31H2,1-2H3/b23-19+,32-25?. The van der Waals surface area contributed by atoms with E-state index in [0.29, 0.717) is 16.3 Å². The number of halogens is 3. The lowest BCUT2D eigenvalue weighted by molar-refractivity contribution is -0.114. The number of anilines is 4. The van der Waals surface area contributed by atoms with Crippen LogP contribution in [0, 0.1) is 22.9 Å². The number of hydrogen-bond acceptors (Lipinski definition) is 7. The second kappa shape index (κ2) is 9.71. The predicted molar refractivity (Wildman–Crippen MR) is 140 cm³/mol. The molecule has 0 bridgehead atoms. The molecule has 12 heteroatoms. The average Bonchev–Trinajstić information content (AvgIpc) is 2.89. The van der Waals surface area contributed by atoms with Crippen LogP contribution < -0.4 is 25.6 Å². The van der Waals surface area contributed by atoms with Crippen molar-refractivity contribution in [2.75, 3.05) is 41.6 Å². The Morgan fingerprint density at radius 3 is 2.41 bits per heavy atom. The number of carbonyl (C=O) groups is 2. The van der Waals surface area contributed by atoms with Crippen LogP contribution in [-0.2, 0) is 11.3 Å². The zero-order valence-electron chi connectivity index (χ0n) is 20.9. The summed E-state index contributed by atoms with van der Waals surface area (Å²) < 4.78 is 49.5. The molecule has 2 heterocycles. The molecule has 1 fully saturated rings. The lowest BCUT2D eigenvalue weighted by Gasteiger charge is -2.39. The van der Waals surface area contributed by atoms with Crippen LogP contribution in [0.25, 0.3) is 0 Å². The van der Waals surface area contributed by atoms with E-state index in [-0.39, 0.29) is 23.6 Å². The van der Waals surface area contributed by atoms with Crippen molar-refractivity contribution in [3.05, 3.63) is 88.9 Å². The maximum absolute atomic E-state index is 15.3. The highest BCUT2D eigenvalue weighted by Gasteiger charge is 2.44. The number of amidine groups is 1. The lowest BCUT2D eigenvalue weighted by Crippen LogP contribution is -2.57. The molecule has 5 rings (SSSR count). The number of hydrogen-bond donors (Lipinski definition) is 3. The van der Waals surface area contributed by atoms with Gasteiger partial charge in [-0.15, -0.1) is 0 Å². The number of nitrogens with one attached hydrogen (secondary N) is 2. The van der Waals surface area contributed by atoms with E-state index in [2.05, 4.69) is 5.32 Å². The van der Waals surface area contributed by atoms with Gasteiger partial charge in [-0.2, -0.15) is 0 Å². The van der Waals surface area contributed by atoms with Crippen molar-refractivity contribution in [3.8, 4) is 5.75 Å². The molecule has 39 heavy (non-hydrogen) atoms. The van der Waals surface area contributed by atoms with Crippen LogP contribution in [0.15, 0.2) is 65.9 Å². The first-order valence-electron chi connectivity index (χ1n) is 11.7. The monoisotopic (exact) mass is 536 g/mol. The van der Waals surface area contributed by atoms with Crippen molar-refractivity contribution in [2.24, 2.45) is 0 Å². The van der Waals surface area contributed by atoms with Gasteiger partial charge in [-0.3, -0.25) is 15.1 Å². The summed E-state index contributed by atoms with van der Waals surface area (Å²) in [5.41, 5.74) is 6.74. The van der Waals surface area contributed by atoms with Gasteiger partial charge in [0.1, 0.15) is 23.0 Å². The minimum absolute atomic E-state index is 0.0877. The SMILES string of the molecule is COc1cccc(N2C(=O)/C(=C3\CN(C)c4cc(N)ccc4N3)C(=N)N(Cc3c(F)cccc3F)C2=O)c1F. The lowest BCUT2D eigenvalue weighted by atomic mass is 10.0. The summed E-state index contributed by atoms with van der Waals surface area (Å²) in [5, 5.41) is 11.9. The van der Waals surface area contributed by atoms with Gasteiger partial charge in [-0.25, -0.2) is 22.9 Å². The first kappa shape index (κ1) is 25.6. The van der Waals surface area contributed by atoms with Crippen molar-refractivity contribution >= 4 is 40.5 Å². The molecule has 0 saturated carbocycles. The van der Waals surface area contributed by atoms with Crippen molar-refractivity contribution in [1.82, 2.24) is 4.90 Å². The number of ether oxygens (including phenoxy) is 1. The summed E-state index contributed by atoms with van der Waals surface area (Å²) in [5.74, 6) is -4.69. The van der Waals surface area contributed by atoms with E-state index in [1.165, 1.54) is 31.4 Å². The van der Waals surface area contributed by atoms with E-state index in [1.54, 1.807) is 30.1 Å². The Labute approximate surface area is 221 Å². The Kier molecular flexibility index (Phi) is 6.38. The topological polar surface area (TPSA) is 115 Å². The number of imide groups is 1. The highest BCUT2D eigenvalue weighted by atomic mass is 19.1. The number of fused-ring (bicyclic) bond motifs is 1. The molecule has 3 aromatic carbocycles. The van der Waals surface area contributed by atoms with Gasteiger partial charge in [0.25, 0.3) is 5.91 Å². The zero-order valence-corrected chi connectivity index (χ0v) is 20.9. The number of likely N-dealkylation sites (N-methyl/N-ethyl adjacent to an activating group) is 1. The summed E-state index contributed by atoms with van der Waals surface area (Å²) in [7, 11) is 2.97. The summed E-state index contributed by atoms with van der Waals surface area (Å²) in [6, 6.07) is 11.0. The molecule has 0 aromatic heterocycles. The van der Waals surface area contributed by atoms with Crippen LogP contribution in [0.3, 0.4) is 0 Å². The van der Waals surface area contributed by atoms with Crippen molar-refractivity contribution in [1.29, 1.82) is 5.41 Å². The third kappa shape index (κ3) is 4.29. The Morgan fingerprint density at radius 1 is 1.03 bits per heavy atom. The maximum Gasteiger partial charge on any atom is 0.337 e. The highest BCUT2D eigenvalue weighted by Crippen LogP contribution is 2.37. The molecular weight excluding hydrogens is 513 g/mol. The molecule has 0 spiro atoms. The van der Waals surface area contributed by atoms with Gasteiger partial charge in [-0.1, -0.05) is 12.1 Å². The minimum atomic E-state index is -1.15. The summed E-state index contributed by atoms with van der Waals surface area (Å²) in [6.07, 6.45) is 0. The molecule has 2 aliphatic heterocycles. The fourth-order valence-corrected chi connectivity index (χ4v) is 4.59. The number of nitrogens with zero attached hydrogens (tertiary/aromatic N) is 3. The molecule has 3 aromatic rings. The third-order valence-electron chi connectivity index (χ3n) is 6.54. The second-order valence-corrected chi connectivity index (χ2v) is 8.96. The smallest absolute Gasteiger partial charge is 0.337 e. The Morgan fingerprint density at radius 2 is 1.72 bits per heavy atom. The van der Waals surface area contributed by atoms with Gasteiger partial charge in [0.15, 0.2) is 11.6 Å². The molecule has 0 aliphatic carbocycles. The normalized spacial score (nSPS) is 17.4. The number of amides is 3. The number of nitrogens with two attached hydrogens (primary N) is 1. The van der Waals surface area contributed by atoms with Crippen LogP contribution in [-0.4, -0.2) is 43.4 Å². The van der Waals surface area contributed by atoms with Gasteiger partial charge in [0.2, 0.25) is 0 Å². The van der Waals surface area contributed by atoms with E-state index in [1.807, 2.05) is 0 Å². The molecule has 4 N–H and O–H groups in total. The Bertz CT molecular complexity index is 1550. The van der Waals surface area contributed by atoms with Gasteiger partial charge in [0.05, 0.1) is 43.0 Å². The highest BCUT2D eigenvalue weighted by molar-refractivity contribution is 6.38. The molecule has 1 saturated heterocycles. The molecular formula is C27H23F3N6O3. The maximum atomic E-state index is 15.3. The van der Waals surface area contributed by atoms with Gasteiger partial charge in [-0.05, 0) is 42.5 Å². The number of urea groups is 1.